The van der Waals surface area contributed by atoms with Crippen LogP contribution in [0.5, 0.6) is 0 Å². The number of sulfonamides is 1. The topological polar surface area (TPSA) is 58.2 Å². The van der Waals surface area contributed by atoms with Crippen molar-refractivity contribution in [2.75, 3.05) is 6.54 Å². The van der Waals surface area contributed by atoms with E-state index >= 15 is 0 Å². The highest BCUT2D eigenvalue weighted by Crippen LogP contribution is 2.36. The third-order valence-corrected chi connectivity index (χ3v) is 6.13. The quantitative estimate of drug-likeness (QED) is 0.814. The molecule has 1 aliphatic carbocycles. The van der Waals surface area contributed by atoms with Crippen molar-refractivity contribution in [1.82, 2.24) is 10.0 Å². The highest BCUT2D eigenvalue weighted by atomic mass is 32.2. The summed E-state index contributed by atoms with van der Waals surface area (Å²) in [6.45, 7) is 7.07. The fourth-order valence-electron chi connectivity index (χ4n) is 2.83. The van der Waals surface area contributed by atoms with Gasteiger partial charge in [0.1, 0.15) is 0 Å². The van der Waals surface area contributed by atoms with E-state index in [4.69, 9.17) is 0 Å². The van der Waals surface area contributed by atoms with E-state index in [9.17, 15) is 8.42 Å². The Kier molecular flexibility index (Phi) is 5.07. The van der Waals surface area contributed by atoms with Gasteiger partial charge >= 0.3 is 0 Å². The molecule has 0 radical (unpaired) electrons. The van der Waals surface area contributed by atoms with E-state index in [0.717, 1.165) is 37.8 Å². The first kappa shape index (κ1) is 16.5. The van der Waals surface area contributed by atoms with Crippen molar-refractivity contribution in [2.24, 2.45) is 0 Å². The molecule has 0 spiro atoms. The second-order valence-electron chi connectivity index (χ2n) is 5.94. The monoisotopic (exact) mass is 310 g/mol. The Hall–Kier alpha value is -0.910. The Labute approximate surface area is 128 Å². The standard InChI is InChI=1S/C16H26N2O2S/c1-4-16(11-6-12-16)18-21(19,20)15-9-7-14(8-10-15)13(3)17-5-2/h7-10,13,17-18H,4-6,11-12H2,1-3H3. The molecule has 21 heavy (non-hydrogen) atoms. The minimum Gasteiger partial charge on any atom is -0.310 e. The van der Waals surface area contributed by atoms with Gasteiger partial charge in [0.15, 0.2) is 0 Å². The molecule has 0 saturated heterocycles. The molecule has 0 amide bonds. The van der Waals surface area contributed by atoms with Crippen LogP contribution in [-0.2, 0) is 10.0 Å². The molecule has 0 aromatic heterocycles. The maximum atomic E-state index is 12.5. The summed E-state index contributed by atoms with van der Waals surface area (Å²) in [7, 11) is -3.42. The van der Waals surface area contributed by atoms with E-state index in [0.29, 0.717) is 4.90 Å². The van der Waals surface area contributed by atoms with E-state index in [1.54, 1.807) is 12.1 Å². The van der Waals surface area contributed by atoms with Crippen molar-refractivity contribution in [1.29, 1.82) is 0 Å². The molecule has 0 heterocycles. The average molecular weight is 310 g/mol. The Morgan fingerprint density at radius 3 is 2.24 bits per heavy atom. The second-order valence-corrected chi connectivity index (χ2v) is 7.62. The van der Waals surface area contributed by atoms with Crippen molar-refractivity contribution in [3.8, 4) is 0 Å². The fraction of sp³-hybridized carbons (Fsp3) is 0.625. The highest BCUT2D eigenvalue weighted by molar-refractivity contribution is 7.89. The van der Waals surface area contributed by atoms with Gasteiger partial charge in [-0.2, -0.15) is 0 Å². The van der Waals surface area contributed by atoms with Crippen LogP contribution in [0.2, 0.25) is 0 Å². The van der Waals surface area contributed by atoms with Crippen LogP contribution in [0.1, 0.15) is 58.1 Å². The molecule has 2 N–H and O–H groups in total. The predicted octanol–water partition coefficient (Wildman–Crippen LogP) is 2.97. The maximum absolute atomic E-state index is 12.5. The van der Waals surface area contributed by atoms with Crippen LogP contribution in [0.25, 0.3) is 0 Å². The van der Waals surface area contributed by atoms with Crippen molar-refractivity contribution in [3.63, 3.8) is 0 Å². The Morgan fingerprint density at radius 1 is 1.19 bits per heavy atom. The zero-order valence-corrected chi connectivity index (χ0v) is 14.0. The molecule has 0 aliphatic heterocycles. The van der Waals surface area contributed by atoms with E-state index in [1.165, 1.54) is 0 Å². The lowest BCUT2D eigenvalue weighted by Gasteiger charge is -2.41. The van der Waals surface area contributed by atoms with Crippen LogP contribution in [0.15, 0.2) is 29.2 Å². The lowest BCUT2D eigenvalue weighted by atomic mass is 9.76. The molecule has 2 rings (SSSR count). The van der Waals surface area contributed by atoms with Crippen LogP contribution in [0, 0.1) is 0 Å². The smallest absolute Gasteiger partial charge is 0.241 e. The zero-order chi connectivity index (χ0) is 15.5. The number of benzene rings is 1. The third-order valence-electron chi connectivity index (χ3n) is 4.54. The summed E-state index contributed by atoms with van der Waals surface area (Å²) in [4.78, 5) is 0.356. The number of hydrogen-bond donors (Lipinski definition) is 2. The molecule has 0 bridgehead atoms. The summed E-state index contributed by atoms with van der Waals surface area (Å²) in [6, 6.07) is 7.41. The summed E-state index contributed by atoms with van der Waals surface area (Å²) in [5, 5.41) is 3.32. The van der Waals surface area contributed by atoms with Gasteiger partial charge in [-0.3, -0.25) is 0 Å². The first-order chi connectivity index (χ1) is 9.92. The van der Waals surface area contributed by atoms with Crippen LogP contribution in [-0.4, -0.2) is 20.5 Å². The van der Waals surface area contributed by atoms with Crippen LogP contribution in [0.3, 0.4) is 0 Å². The van der Waals surface area contributed by atoms with Crippen molar-refractivity contribution in [2.45, 2.75) is 62.9 Å². The molecule has 1 aliphatic rings. The van der Waals surface area contributed by atoms with Crippen molar-refractivity contribution in [3.05, 3.63) is 29.8 Å². The first-order valence-electron chi connectivity index (χ1n) is 7.80. The number of hydrogen-bond acceptors (Lipinski definition) is 3. The van der Waals surface area contributed by atoms with Gasteiger partial charge in [-0.15, -0.1) is 0 Å². The molecule has 1 saturated carbocycles. The zero-order valence-electron chi connectivity index (χ0n) is 13.1. The van der Waals surface area contributed by atoms with E-state index in [-0.39, 0.29) is 11.6 Å². The first-order valence-corrected chi connectivity index (χ1v) is 9.28. The summed E-state index contributed by atoms with van der Waals surface area (Å²) in [5.41, 5.74) is 0.888. The van der Waals surface area contributed by atoms with Gasteiger partial charge in [0, 0.05) is 11.6 Å². The summed E-state index contributed by atoms with van der Waals surface area (Å²) >= 11 is 0. The molecule has 4 nitrogen and oxygen atoms in total. The summed E-state index contributed by atoms with van der Waals surface area (Å²) in [5.74, 6) is 0. The van der Waals surface area contributed by atoms with Crippen molar-refractivity contribution >= 4 is 10.0 Å². The largest absolute Gasteiger partial charge is 0.310 e. The van der Waals surface area contributed by atoms with Gasteiger partial charge in [-0.05, 0) is 56.8 Å². The maximum Gasteiger partial charge on any atom is 0.241 e. The SMILES string of the molecule is CCNC(C)c1ccc(S(=O)(=O)NC2(CC)CCC2)cc1. The van der Waals surface area contributed by atoms with Crippen LogP contribution >= 0.6 is 0 Å². The fourth-order valence-corrected chi connectivity index (χ4v) is 4.37. The summed E-state index contributed by atoms with van der Waals surface area (Å²) in [6.07, 6.45) is 3.84. The van der Waals surface area contributed by atoms with Gasteiger partial charge in [0.25, 0.3) is 0 Å². The van der Waals surface area contributed by atoms with E-state index in [1.807, 2.05) is 19.1 Å². The van der Waals surface area contributed by atoms with Gasteiger partial charge in [0.2, 0.25) is 10.0 Å². The molecule has 1 aromatic carbocycles. The minimum absolute atomic E-state index is 0.214. The van der Waals surface area contributed by atoms with Crippen molar-refractivity contribution < 1.29 is 8.42 Å². The number of nitrogens with one attached hydrogen (secondary N) is 2. The molecule has 118 valence electrons. The van der Waals surface area contributed by atoms with Crippen LogP contribution in [0.4, 0.5) is 0 Å². The Balaban J connectivity index is 2.13. The highest BCUT2D eigenvalue weighted by Gasteiger charge is 2.38. The van der Waals surface area contributed by atoms with Gasteiger partial charge < -0.3 is 5.32 Å². The molecule has 1 atom stereocenters. The molecule has 5 heteroatoms. The number of rotatable bonds is 7. The molecule has 1 unspecified atom stereocenters. The van der Waals surface area contributed by atoms with E-state index < -0.39 is 10.0 Å². The lowest BCUT2D eigenvalue weighted by molar-refractivity contribution is 0.214. The molecule has 1 fully saturated rings. The normalized spacial score (nSPS) is 19.0. The Morgan fingerprint density at radius 2 is 1.81 bits per heavy atom. The van der Waals surface area contributed by atoms with Gasteiger partial charge in [-0.25, -0.2) is 13.1 Å². The summed E-state index contributed by atoms with van der Waals surface area (Å²) < 4.78 is 27.9. The second kappa shape index (κ2) is 6.46. The van der Waals surface area contributed by atoms with Gasteiger partial charge in [0.05, 0.1) is 4.90 Å². The Bertz CT molecular complexity index is 557. The predicted molar refractivity (Wildman–Crippen MR) is 85.7 cm³/mol. The molecular formula is C16H26N2O2S. The van der Waals surface area contributed by atoms with Crippen LogP contribution < -0.4 is 10.0 Å². The molecule has 1 aromatic rings. The minimum atomic E-state index is -3.42. The molecular weight excluding hydrogens is 284 g/mol. The van der Waals surface area contributed by atoms with Gasteiger partial charge in [-0.1, -0.05) is 26.0 Å². The lowest BCUT2D eigenvalue weighted by Crippen LogP contribution is -2.52. The van der Waals surface area contributed by atoms with E-state index in [2.05, 4.69) is 23.9 Å². The third kappa shape index (κ3) is 3.65. The average Bonchev–Trinajstić information content (AvgIpc) is 2.43.